The molecule has 8 aromatic rings. The van der Waals surface area contributed by atoms with Crippen molar-refractivity contribution in [3.63, 3.8) is 0 Å². The second kappa shape index (κ2) is 11.2. The molecule has 8 rings (SSSR count). The minimum absolute atomic E-state index is 1.19. The molecule has 0 radical (unpaired) electrons. The van der Waals surface area contributed by atoms with Gasteiger partial charge < -0.3 is 0 Å². The normalized spacial score (nSPS) is 11.9. The minimum atomic E-state index is 1.19. The Morgan fingerprint density at radius 1 is 0.273 bits per heavy atom. The topological polar surface area (TPSA) is 0 Å². The van der Waals surface area contributed by atoms with Gasteiger partial charge in [0.05, 0.1) is 0 Å². The molecule has 0 saturated heterocycles. The lowest BCUT2D eigenvalue weighted by atomic mass is 9.95. The van der Waals surface area contributed by atoms with Gasteiger partial charge in [0.1, 0.15) is 0 Å². The fraction of sp³-hybridized carbons (Fsp3) is 0. The van der Waals surface area contributed by atoms with Crippen molar-refractivity contribution < 1.29 is 0 Å². The quantitative estimate of drug-likeness (QED) is 0.146. The Morgan fingerprint density at radius 2 is 0.568 bits per heavy atom. The Bertz CT molecular complexity index is 2070. The molecule has 206 valence electrons. The number of hydrogen-bond donors (Lipinski definition) is 0. The van der Waals surface area contributed by atoms with Crippen LogP contribution in [0.3, 0.4) is 0 Å². The molecule has 8 aromatic carbocycles. The van der Waals surface area contributed by atoms with Gasteiger partial charge in [-0.15, -0.1) is 0 Å². The smallest absolute Gasteiger partial charge is 0.00992 e. The molecule has 0 aliphatic heterocycles. The van der Waals surface area contributed by atoms with Crippen LogP contribution < -0.4 is 0 Å². The van der Waals surface area contributed by atoms with Gasteiger partial charge in [-0.1, -0.05) is 170 Å². The molecule has 0 unspecified atom stereocenters. The van der Waals surface area contributed by atoms with E-state index in [0.29, 0.717) is 0 Å². The lowest BCUT2D eigenvalue weighted by Gasteiger charge is -2.09. The maximum atomic E-state index is 2.28. The zero-order chi connectivity index (χ0) is 29.3. The van der Waals surface area contributed by atoms with Crippen LogP contribution in [-0.4, -0.2) is 0 Å². The van der Waals surface area contributed by atoms with Crippen molar-refractivity contribution in [1.29, 1.82) is 0 Å². The zero-order valence-electron chi connectivity index (χ0n) is 24.3. The van der Waals surface area contributed by atoms with Gasteiger partial charge in [0.25, 0.3) is 0 Å². The van der Waals surface area contributed by atoms with Crippen molar-refractivity contribution in [3.8, 4) is 11.1 Å². The Kier molecular flexibility index (Phi) is 6.59. The van der Waals surface area contributed by atoms with Gasteiger partial charge in [0, 0.05) is 0 Å². The first-order valence-electron chi connectivity index (χ1n) is 15.2. The summed E-state index contributed by atoms with van der Waals surface area (Å²) in [6, 6.07) is 56.8. The molecule has 0 saturated carbocycles. The molecule has 0 nitrogen and oxygen atoms in total. The van der Waals surface area contributed by atoms with Crippen LogP contribution in [0.2, 0.25) is 0 Å². The van der Waals surface area contributed by atoms with Crippen molar-refractivity contribution in [2.75, 3.05) is 0 Å². The van der Waals surface area contributed by atoms with E-state index in [1.54, 1.807) is 0 Å². The molecule has 0 N–H and O–H groups in total. The first-order valence-corrected chi connectivity index (χ1v) is 15.2. The average molecular weight is 559 g/mol. The van der Waals surface area contributed by atoms with Gasteiger partial charge in [-0.2, -0.15) is 0 Å². The maximum Gasteiger partial charge on any atom is -0.00992 e. The van der Waals surface area contributed by atoms with Crippen LogP contribution in [0.4, 0.5) is 0 Å². The van der Waals surface area contributed by atoms with Crippen molar-refractivity contribution in [3.05, 3.63) is 180 Å². The molecule has 0 amide bonds. The summed E-state index contributed by atoms with van der Waals surface area (Å²) < 4.78 is 0. The van der Waals surface area contributed by atoms with Crippen molar-refractivity contribution in [1.82, 2.24) is 0 Å². The van der Waals surface area contributed by atoms with E-state index in [2.05, 4.69) is 182 Å². The summed E-state index contributed by atoms with van der Waals surface area (Å²) in [5.41, 5.74) is 7.34. The highest BCUT2D eigenvalue weighted by atomic mass is 14.1. The molecule has 0 aromatic heterocycles. The molecule has 0 aliphatic rings. The molecule has 0 heteroatoms. The van der Waals surface area contributed by atoms with Gasteiger partial charge in [0.2, 0.25) is 0 Å². The minimum Gasteiger partial charge on any atom is -0.0616 e. The summed E-state index contributed by atoms with van der Waals surface area (Å²) in [6.45, 7) is 0. The van der Waals surface area contributed by atoms with Gasteiger partial charge in [-0.25, -0.2) is 0 Å². The molecule has 0 atom stereocenters. The first kappa shape index (κ1) is 25.9. The predicted molar refractivity (Wildman–Crippen MR) is 193 cm³/mol. The van der Waals surface area contributed by atoms with E-state index in [-0.39, 0.29) is 0 Å². The predicted octanol–water partition coefficient (Wildman–Crippen LogP) is 12.3. The molecule has 0 aliphatic carbocycles. The third kappa shape index (κ3) is 4.87. The van der Waals surface area contributed by atoms with E-state index < -0.39 is 0 Å². The standard InChI is InChI=1S/C44H30/c1-5-13-39-35(9-1)29-36-10-2-6-14-40(36)43(39)27-21-31-17-23-33(24-18-31)34-25-19-32(20-26-34)22-28-44-41-15-7-3-11-37(41)30-38-12-4-8-16-42(38)44/h1-30H. The highest BCUT2D eigenvalue weighted by molar-refractivity contribution is 6.09. The second-order valence-electron chi connectivity index (χ2n) is 11.4. The number of benzene rings is 8. The van der Waals surface area contributed by atoms with E-state index in [1.807, 2.05) is 0 Å². The average Bonchev–Trinajstić information content (AvgIpc) is 3.09. The van der Waals surface area contributed by atoms with Crippen LogP contribution in [0.15, 0.2) is 158 Å². The highest BCUT2D eigenvalue weighted by Crippen LogP contribution is 2.32. The molecule has 0 fully saturated rings. The lowest BCUT2D eigenvalue weighted by Crippen LogP contribution is -1.84. The van der Waals surface area contributed by atoms with Crippen molar-refractivity contribution in [2.24, 2.45) is 0 Å². The first-order chi connectivity index (χ1) is 21.8. The van der Waals surface area contributed by atoms with E-state index >= 15 is 0 Å². The van der Waals surface area contributed by atoms with E-state index in [0.717, 1.165) is 0 Å². The van der Waals surface area contributed by atoms with Crippen LogP contribution in [0.5, 0.6) is 0 Å². The summed E-state index contributed by atoms with van der Waals surface area (Å²) in [4.78, 5) is 0. The summed E-state index contributed by atoms with van der Waals surface area (Å²) in [6.07, 6.45) is 8.98. The van der Waals surface area contributed by atoms with Gasteiger partial charge in [-0.05, 0) is 88.6 Å². The Morgan fingerprint density at radius 3 is 0.886 bits per heavy atom. The van der Waals surface area contributed by atoms with Crippen LogP contribution in [0.25, 0.3) is 78.5 Å². The van der Waals surface area contributed by atoms with Crippen LogP contribution >= 0.6 is 0 Å². The van der Waals surface area contributed by atoms with Gasteiger partial charge in [-0.3, -0.25) is 0 Å². The van der Waals surface area contributed by atoms with E-state index in [1.165, 1.54) is 76.5 Å². The zero-order valence-corrected chi connectivity index (χ0v) is 24.3. The molecule has 0 heterocycles. The summed E-state index contributed by atoms with van der Waals surface area (Å²) in [7, 11) is 0. The number of hydrogen-bond acceptors (Lipinski definition) is 0. The van der Waals surface area contributed by atoms with Crippen LogP contribution in [-0.2, 0) is 0 Å². The molecule has 44 heavy (non-hydrogen) atoms. The third-order valence-electron chi connectivity index (χ3n) is 8.67. The molecule has 0 bridgehead atoms. The van der Waals surface area contributed by atoms with Crippen LogP contribution in [0.1, 0.15) is 22.3 Å². The second-order valence-corrected chi connectivity index (χ2v) is 11.4. The molecular weight excluding hydrogens is 528 g/mol. The summed E-state index contributed by atoms with van der Waals surface area (Å²) in [5.74, 6) is 0. The largest absolute Gasteiger partial charge is 0.0616 e. The fourth-order valence-electron chi connectivity index (χ4n) is 6.39. The summed E-state index contributed by atoms with van der Waals surface area (Å²) in [5, 5.41) is 10.2. The van der Waals surface area contributed by atoms with Gasteiger partial charge in [0.15, 0.2) is 0 Å². The van der Waals surface area contributed by atoms with Crippen molar-refractivity contribution >= 4 is 67.4 Å². The number of rotatable bonds is 5. The Balaban J connectivity index is 1.05. The van der Waals surface area contributed by atoms with Crippen molar-refractivity contribution in [2.45, 2.75) is 0 Å². The highest BCUT2D eigenvalue weighted by Gasteiger charge is 2.06. The number of fused-ring (bicyclic) bond motifs is 4. The Hall–Kier alpha value is -5.72. The van der Waals surface area contributed by atoms with Crippen LogP contribution in [0, 0.1) is 0 Å². The van der Waals surface area contributed by atoms with E-state index in [9.17, 15) is 0 Å². The summed E-state index contributed by atoms with van der Waals surface area (Å²) >= 11 is 0. The monoisotopic (exact) mass is 558 g/mol. The van der Waals surface area contributed by atoms with E-state index in [4.69, 9.17) is 0 Å². The van der Waals surface area contributed by atoms with Gasteiger partial charge >= 0.3 is 0 Å². The molecule has 0 spiro atoms. The fourth-order valence-corrected chi connectivity index (χ4v) is 6.39. The lowest BCUT2D eigenvalue weighted by molar-refractivity contribution is 1.59. The Labute approximate surface area is 257 Å². The third-order valence-corrected chi connectivity index (χ3v) is 8.67. The SMILES string of the molecule is C(=Cc1c2ccccc2cc2ccccc12)c1ccc(-c2ccc(C=Cc3c4ccccc4cc4ccccc34)cc2)cc1. The maximum absolute atomic E-state index is 2.28. The molecular formula is C44H30.